The van der Waals surface area contributed by atoms with E-state index in [0.29, 0.717) is 0 Å². The van der Waals surface area contributed by atoms with Crippen molar-refractivity contribution in [1.29, 1.82) is 0 Å². The highest BCUT2D eigenvalue weighted by molar-refractivity contribution is 4.54. The third-order valence-electron chi connectivity index (χ3n) is 4.72. The van der Waals surface area contributed by atoms with E-state index in [1.54, 1.807) is 0 Å². The zero-order valence-electron chi connectivity index (χ0n) is 14.5. The lowest BCUT2D eigenvalue weighted by molar-refractivity contribution is -0.948. The Hall–Kier alpha value is -0.0400. The quantitative estimate of drug-likeness (QED) is 0.294. The van der Waals surface area contributed by atoms with E-state index in [0.717, 1.165) is 6.04 Å². The second-order valence-electron chi connectivity index (χ2n) is 6.60. The second kappa shape index (κ2) is 11.8. The van der Waals surface area contributed by atoms with Crippen LogP contribution in [0.5, 0.6) is 0 Å². The van der Waals surface area contributed by atoms with Crippen LogP contribution in [-0.4, -0.2) is 30.2 Å². The molecule has 0 aromatic rings. The monoisotopic (exact) mass is 270 g/mol. The summed E-state index contributed by atoms with van der Waals surface area (Å²) in [6.07, 6.45) is 12.6. The van der Waals surface area contributed by atoms with Crippen LogP contribution in [0, 0.1) is 0 Å². The Balaban J connectivity index is 4.48. The molecule has 1 heteroatoms. The summed E-state index contributed by atoms with van der Waals surface area (Å²) in [5, 5.41) is 0. The first kappa shape index (κ1) is 19.0. The molecule has 0 rings (SSSR count). The van der Waals surface area contributed by atoms with Crippen molar-refractivity contribution < 1.29 is 4.48 Å². The van der Waals surface area contributed by atoms with Crippen molar-refractivity contribution in [3.8, 4) is 0 Å². The highest BCUT2D eigenvalue weighted by atomic mass is 15.4. The molecule has 0 saturated carbocycles. The average Bonchev–Trinajstić information content (AvgIpc) is 2.38. The Morgan fingerprint density at radius 3 is 1.11 bits per heavy atom. The Kier molecular flexibility index (Phi) is 11.7. The van der Waals surface area contributed by atoms with Crippen molar-refractivity contribution in [2.45, 2.75) is 98.4 Å². The van der Waals surface area contributed by atoms with Crippen LogP contribution >= 0.6 is 0 Å². The van der Waals surface area contributed by atoms with Crippen molar-refractivity contribution in [3.05, 3.63) is 0 Å². The van der Waals surface area contributed by atoms with Crippen molar-refractivity contribution >= 4 is 0 Å². The fourth-order valence-corrected chi connectivity index (χ4v) is 3.14. The Morgan fingerprint density at radius 1 is 0.579 bits per heavy atom. The smallest absolute Gasteiger partial charge is 0.0833 e. The summed E-state index contributed by atoms with van der Waals surface area (Å²) in [7, 11) is 0. The van der Waals surface area contributed by atoms with Crippen molar-refractivity contribution in [1.82, 2.24) is 0 Å². The Bertz CT molecular complexity index is 160. The van der Waals surface area contributed by atoms with Crippen LogP contribution in [0.1, 0.15) is 92.4 Å². The van der Waals surface area contributed by atoms with Gasteiger partial charge in [0.2, 0.25) is 0 Å². The molecule has 0 bridgehead atoms. The number of hydrogen-bond donors (Lipinski definition) is 0. The van der Waals surface area contributed by atoms with Gasteiger partial charge in [-0.15, -0.1) is 0 Å². The topological polar surface area (TPSA) is 0 Å². The van der Waals surface area contributed by atoms with E-state index in [-0.39, 0.29) is 0 Å². The number of nitrogens with zero attached hydrogens (tertiary/aromatic N) is 1. The molecule has 0 aliphatic heterocycles. The molecular weight excluding hydrogens is 230 g/mol. The number of hydrogen-bond acceptors (Lipinski definition) is 0. The zero-order valence-corrected chi connectivity index (χ0v) is 14.5. The molecule has 0 spiro atoms. The second-order valence-corrected chi connectivity index (χ2v) is 6.60. The molecule has 0 N–H and O–H groups in total. The summed E-state index contributed by atoms with van der Waals surface area (Å²) in [6.45, 7) is 16.1. The van der Waals surface area contributed by atoms with E-state index in [4.69, 9.17) is 0 Å². The molecule has 0 aliphatic rings. The van der Waals surface area contributed by atoms with Crippen molar-refractivity contribution in [3.63, 3.8) is 0 Å². The van der Waals surface area contributed by atoms with Crippen LogP contribution in [0.15, 0.2) is 0 Å². The van der Waals surface area contributed by atoms with E-state index in [9.17, 15) is 0 Å². The minimum absolute atomic E-state index is 0.797. The molecule has 0 unspecified atom stereocenters. The van der Waals surface area contributed by atoms with Gasteiger partial charge < -0.3 is 4.48 Å². The maximum absolute atomic E-state index is 2.45. The van der Waals surface area contributed by atoms with E-state index in [2.05, 4.69) is 34.6 Å². The number of rotatable bonds is 13. The fraction of sp³-hybridized carbons (Fsp3) is 1.00. The van der Waals surface area contributed by atoms with Crippen LogP contribution in [0.3, 0.4) is 0 Å². The van der Waals surface area contributed by atoms with Crippen molar-refractivity contribution in [2.75, 3.05) is 19.6 Å². The van der Waals surface area contributed by atoms with Gasteiger partial charge in [0, 0.05) is 0 Å². The minimum Gasteiger partial charge on any atom is -0.322 e. The molecule has 0 amide bonds. The maximum atomic E-state index is 2.45. The standard InChI is InChI=1S/C18H40N/c1-6-9-12-15-19(18(4)5,16-13-10-7-2)17-14-11-8-3/h18H,6-17H2,1-5H3/q+1. The molecule has 1 nitrogen and oxygen atoms in total. The molecule has 116 valence electrons. The van der Waals surface area contributed by atoms with Gasteiger partial charge in [-0.3, -0.25) is 0 Å². The van der Waals surface area contributed by atoms with E-state index < -0.39 is 0 Å². The first-order valence-electron chi connectivity index (χ1n) is 8.98. The van der Waals surface area contributed by atoms with Crippen LogP contribution < -0.4 is 0 Å². The minimum atomic E-state index is 0.797. The lowest BCUT2D eigenvalue weighted by atomic mass is 10.1. The van der Waals surface area contributed by atoms with E-state index in [1.807, 2.05) is 0 Å². The van der Waals surface area contributed by atoms with Gasteiger partial charge in [-0.2, -0.15) is 0 Å². The third kappa shape index (κ3) is 7.97. The third-order valence-corrected chi connectivity index (χ3v) is 4.72. The number of quaternary nitrogens is 1. The van der Waals surface area contributed by atoms with E-state index in [1.165, 1.54) is 81.9 Å². The Labute approximate surface area is 123 Å². The predicted octanol–water partition coefficient (Wildman–Crippen LogP) is 5.78. The normalized spacial score (nSPS) is 12.3. The van der Waals surface area contributed by atoms with Gasteiger partial charge in [-0.25, -0.2) is 0 Å². The Morgan fingerprint density at radius 2 is 0.895 bits per heavy atom. The predicted molar refractivity (Wildman–Crippen MR) is 88.6 cm³/mol. The SMILES string of the molecule is CCCCC[N+](CCCCC)(CCCCC)C(C)C. The molecule has 0 fully saturated rings. The van der Waals surface area contributed by atoms with E-state index >= 15 is 0 Å². The molecule has 0 saturated heterocycles. The molecule has 0 atom stereocenters. The van der Waals surface area contributed by atoms with Gasteiger partial charge >= 0.3 is 0 Å². The summed E-state index contributed by atoms with van der Waals surface area (Å²) in [4.78, 5) is 0. The summed E-state index contributed by atoms with van der Waals surface area (Å²) in [6, 6.07) is 0.797. The van der Waals surface area contributed by atoms with Gasteiger partial charge in [-0.1, -0.05) is 40.0 Å². The molecular formula is C18H40N+. The van der Waals surface area contributed by atoms with Gasteiger partial charge in [0.25, 0.3) is 0 Å². The lowest BCUT2D eigenvalue weighted by Crippen LogP contribution is -2.54. The average molecular weight is 271 g/mol. The molecule has 0 radical (unpaired) electrons. The molecule has 0 heterocycles. The lowest BCUT2D eigenvalue weighted by Gasteiger charge is -2.43. The zero-order chi connectivity index (χ0) is 14.6. The largest absolute Gasteiger partial charge is 0.322 e. The highest BCUT2D eigenvalue weighted by Gasteiger charge is 2.29. The van der Waals surface area contributed by atoms with Crippen LogP contribution in [-0.2, 0) is 0 Å². The molecule has 19 heavy (non-hydrogen) atoms. The summed E-state index contributed by atoms with van der Waals surface area (Å²) >= 11 is 0. The summed E-state index contributed by atoms with van der Waals surface area (Å²) in [5.74, 6) is 0. The van der Waals surface area contributed by atoms with Crippen LogP contribution in [0.4, 0.5) is 0 Å². The maximum Gasteiger partial charge on any atom is 0.0833 e. The fourth-order valence-electron chi connectivity index (χ4n) is 3.14. The van der Waals surface area contributed by atoms with Gasteiger partial charge in [0.05, 0.1) is 25.7 Å². The van der Waals surface area contributed by atoms with Gasteiger partial charge in [-0.05, 0) is 52.4 Å². The number of unbranched alkanes of at least 4 members (excludes halogenated alkanes) is 6. The first-order valence-corrected chi connectivity index (χ1v) is 8.98. The molecule has 0 aromatic carbocycles. The summed E-state index contributed by atoms with van der Waals surface area (Å²) in [5.41, 5.74) is 0. The molecule has 0 aromatic heterocycles. The summed E-state index contributed by atoms with van der Waals surface area (Å²) < 4.78 is 1.39. The molecule has 0 aliphatic carbocycles. The van der Waals surface area contributed by atoms with Crippen LogP contribution in [0.25, 0.3) is 0 Å². The first-order chi connectivity index (χ1) is 9.13. The van der Waals surface area contributed by atoms with Crippen molar-refractivity contribution in [2.24, 2.45) is 0 Å². The van der Waals surface area contributed by atoms with Gasteiger partial charge in [0.1, 0.15) is 0 Å². The van der Waals surface area contributed by atoms with Gasteiger partial charge in [0.15, 0.2) is 0 Å². The van der Waals surface area contributed by atoms with Crippen LogP contribution in [0.2, 0.25) is 0 Å². The highest BCUT2D eigenvalue weighted by Crippen LogP contribution is 2.20.